The third-order valence-corrected chi connectivity index (χ3v) is 5.09. The summed E-state index contributed by atoms with van der Waals surface area (Å²) in [7, 11) is 0. The number of thiazole rings is 1. The fourth-order valence-corrected chi connectivity index (χ4v) is 3.69. The molecule has 3 rings (SSSR count). The van der Waals surface area contributed by atoms with Gasteiger partial charge in [-0.2, -0.15) is 0 Å². The molecule has 1 aliphatic heterocycles. The van der Waals surface area contributed by atoms with Crippen LogP contribution in [0.4, 0.5) is 5.13 Å². The van der Waals surface area contributed by atoms with E-state index in [1.54, 1.807) is 6.92 Å². The summed E-state index contributed by atoms with van der Waals surface area (Å²) < 4.78 is 4.78. The Morgan fingerprint density at radius 2 is 2.16 bits per heavy atom. The zero-order valence-electron chi connectivity index (χ0n) is 14.2. The largest absolute Gasteiger partial charge is 0.465 e. The topological polar surface area (TPSA) is 101 Å². The normalized spacial score (nSPS) is 16.8. The van der Waals surface area contributed by atoms with Crippen molar-refractivity contribution < 1.29 is 19.1 Å². The lowest BCUT2D eigenvalue weighted by Gasteiger charge is -2.24. The first-order valence-electron chi connectivity index (χ1n) is 8.49. The molecular formula is C16H22N4O4S. The molecule has 0 bridgehead atoms. The Bertz CT molecular complexity index is 671. The second-order valence-electron chi connectivity index (χ2n) is 6.19. The van der Waals surface area contributed by atoms with Gasteiger partial charge >= 0.3 is 5.97 Å². The summed E-state index contributed by atoms with van der Waals surface area (Å²) in [6.07, 6.45) is 2.67. The summed E-state index contributed by atoms with van der Waals surface area (Å²) in [5, 5.41) is 6.09. The van der Waals surface area contributed by atoms with E-state index < -0.39 is 5.97 Å². The van der Waals surface area contributed by atoms with Crippen LogP contribution in [0.1, 0.15) is 30.3 Å². The highest BCUT2D eigenvalue weighted by molar-refractivity contribution is 7.15. The van der Waals surface area contributed by atoms with Gasteiger partial charge in [-0.1, -0.05) is 0 Å². The maximum absolute atomic E-state index is 11.9. The maximum Gasteiger partial charge on any atom is 0.325 e. The van der Waals surface area contributed by atoms with Crippen LogP contribution in [0.3, 0.4) is 0 Å². The second-order valence-corrected chi connectivity index (χ2v) is 7.28. The molecule has 25 heavy (non-hydrogen) atoms. The van der Waals surface area contributed by atoms with E-state index in [0.29, 0.717) is 18.3 Å². The molecule has 0 aromatic carbocycles. The monoisotopic (exact) mass is 366 g/mol. The molecule has 1 saturated carbocycles. The molecule has 8 nitrogen and oxygen atoms in total. The van der Waals surface area contributed by atoms with Crippen molar-refractivity contribution in [3.63, 3.8) is 0 Å². The van der Waals surface area contributed by atoms with Crippen molar-refractivity contribution in [2.24, 2.45) is 5.92 Å². The predicted octanol–water partition coefficient (Wildman–Crippen LogP) is 0.529. The number of hydrogen-bond acceptors (Lipinski definition) is 7. The average Bonchev–Trinajstić information content (AvgIpc) is 3.34. The van der Waals surface area contributed by atoms with Gasteiger partial charge in [0.2, 0.25) is 11.8 Å². The van der Waals surface area contributed by atoms with Gasteiger partial charge in [-0.15, -0.1) is 11.3 Å². The van der Waals surface area contributed by atoms with Gasteiger partial charge < -0.3 is 15.4 Å². The van der Waals surface area contributed by atoms with Crippen LogP contribution in [-0.2, 0) is 32.1 Å². The highest BCUT2D eigenvalue weighted by Crippen LogP contribution is 2.32. The number of esters is 1. The molecule has 1 fully saturated rings. The quantitative estimate of drug-likeness (QED) is 0.683. The molecule has 1 aromatic heterocycles. The number of carbonyl (C=O) groups is 3. The molecule has 1 aromatic rings. The minimum absolute atomic E-state index is 0.0568. The first-order valence-corrected chi connectivity index (χ1v) is 9.31. The van der Waals surface area contributed by atoms with Crippen LogP contribution in [0.2, 0.25) is 0 Å². The van der Waals surface area contributed by atoms with Crippen molar-refractivity contribution in [1.29, 1.82) is 0 Å². The number of hydrogen-bond donors (Lipinski definition) is 2. The SMILES string of the molecule is CCOC(=O)CNC(=O)CN1CCc2nc(NC(=O)C3CC3)sc2C1. The Balaban J connectivity index is 1.47. The smallest absolute Gasteiger partial charge is 0.325 e. The molecule has 136 valence electrons. The van der Waals surface area contributed by atoms with Crippen molar-refractivity contribution >= 4 is 34.3 Å². The molecular weight excluding hydrogens is 344 g/mol. The van der Waals surface area contributed by atoms with Crippen molar-refractivity contribution in [2.75, 3.05) is 31.6 Å². The molecule has 9 heteroatoms. The van der Waals surface area contributed by atoms with Gasteiger partial charge in [0, 0.05) is 30.3 Å². The van der Waals surface area contributed by atoms with Gasteiger partial charge in [0.05, 0.1) is 18.8 Å². The lowest BCUT2D eigenvalue weighted by atomic mass is 10.2. The van der Waals surface area contributed by atoms with Crippen molar-refractivity contribution in [3.05, 3.63) is 10.6 Å². The van der Waals surface area contributed by atoms with E-state index >= 15 is 0 Å². The van der Waals surface area contributed by atoms with Crippen LogP contribution in [0.5, 0.6) is 0 Å². The zero-order valence-corrected chi connectivity index (χ0v) is 15.0. The van der Waals surface area contributed by atoms with E-state index in [1.807, 2.05) is 4.90 Å². The minimum atomic E-state index is -0.435. The maximum atomic E-state index is 11.9. The Morgan fingerprint density at radius 3 is 2.88 bits per heavy atom. The number of amides is 2. The molecule has 2 N–H and O–H groups in total. The molecule has 2 aliphatic rings. The van der Waals surface area contributed by atoms with Gasteiger partial charge in [0.25, 0.3) is 0 Å². The van der Waals surface area contributed by atoms with E-state index in [1.165, 1.54) is 11.3 Å². The average molecular weight is 366 g/mol. The lowest BCUT2D eigenvalue weighted by Crippen LogP contribution is -2.41. The van der Waals surface area contributed by atoms with Gasteiger partial charge in [-0.3, -0.25) is 19.3 Å². The molecule has 2 amide bonds. The summed E-state index contributed by atoms with van der Waals surface area (Å²) in [6, 6.07) is 0. The molecule has 0 atom stereocenters. The highest BCUT2D eigenvalue weighted by atomic mass is 32.1. The van der Waals surface area contributed by atoms with Crippen LogP contribution in [0, 0.1) is 5.92 Å². The lowest BCUT2D eigenvalue weighted by molar-refractivity contribution is -0.143. The molecule has 0 unspecified atom stereocenters. The zero-order chi connectivity index (χ0) is 17.8. The minimum Gasteiger partial charge on any atom is -0.465 e. The summed E-state index contributed by atoms with van der Waals surface area (Å²) in [5.74, 6) is -0.430. The van der Waals surface area contributed by atoms with Gasteiger partial charge in [0.1, 0.15) is 6.54 Å². The number of nitrogens with zero attached hydrogens (tertiary/aromatic N) is 2. The van der Waals surface area contributed by atoms with E-state index in [-0.39, 0.29) is 30.8 Å². The number of carbonyl (C=O) groups excluding carboxylic acids is 3. The van der Waals surface area contributed by atoms with Crippen molar-refractivity contribution in [3.8, 4) is 0 Å². The van der Waals surface area contributed by atoms with Crippen LogP contribution in [0.25, 0.3) is 0 Å². The first kappa shape index (κ1) is 17.8. The number of aromatic nitrogens is 1. The number of rotatable bonds is 7. The van der Waals surface area contributed by atoms with Gasteiger partial charge in [0.15, 0.2) is 5.13 Å². The van der Waals surface area contributed by atoms with E-state index in [0.717, 1.165) is 36.4 Å². The number of nitrogens with one attached hydrogen (secondary N) is 2. The van der Waals surface area contributed by atoms with E-state index in [4.69, 9.17) is 4.74 Å². The van der Waals surface area contributed by atoms with Gasteiger partial charge in [-0.05, 0) is 19.8 Å². The number of fused-ring (bicyclic) bond motifs is 1. The summed E-state index contributed by atoms with van der Waals surface area (Å²) >= 11 is 1.47. The molecule has 0 radical (unpaired) electrons. The van der Waals surface area contributed by atoms with E-state index in [9.17, 15) is 14.4 Å². The number of ether oxygens (including phenoxy) is 1. The van der Waals surface area contributed by atoms with Crippen LogP contribution in [0.15, 0.2) is 0 Å². The second kappa shape index (κ2) is 7.92. The highest BCUT2D eigenvalue weighted by Gasteiger charge is 2.31. The fourth-order valence-electron chi connectivity index (χ4n) is 2.63. The summed E-state index contributed by atoms with van der Waals surface area (Å²) in [4.78, 5) is 42.6. The van der Waals surface area contributed by atoms with E-state index in [2.05, 4.69) is 15.6 Å². The van der Waals surface area contributed by atoms with Crippen molar-refractivity contribution in [2.45, 2.75) is 32.7 Å². The van der Waals surface area contributed by atoms with Gasteiger partial charge in [-0.25, -0.2) is 4.98 Å². The fraction of sp³-hybridized carbons (Fsp3) is 0.625. The Hall–Kier alpha value is -2.00. The van der Waals surface area contributed by atoms with Crippen LogP contribution < -0.4 is 10.6 Å². The molecule has 0 spiro atoms. The summed E-state index contributed by atoms with van der Waals surface area (Å²) in [5.41, 5.74) is 0.999. The first-order chi connectivity index (χ1) is 12.0. The standard InChI is InChI=1S/C16H22N4O4S/c1-2-24-14(22)7-17-13(21)9-20-6-5-11-12(8-20)25-16(18-11)19-15(23)10-3-4-10/h10H,2-9H2,1H3,(H,17,21)(H,18,19,23). The molecule has 1 aliphatic carbocycles. The number of anilines is 1. The third-order valence-electron chi connectivity index (χ3n) is 4.09. The molecule has 0 saturated heterocycles. The Labute approximate surface area is 149 Å². The molecule has 2 heterocycles. The predicted molar refractivity (Wildman–Crippen MR) is 92.1 cm³/mol. The Morgan fingerprint density at radius 1 is 1.36 bits per heavy atom. The third kappa shape index (κ3) is 4.99. The van der Waals surface area contributed by atoms with Crippen LogP contribution in [-0.4, -0.2) is 53.9 Å². The Kier molecular flexibility index (Phi) is 5.64. The van der Waals surface area contributed by atoms with Crippen LogP contribution >= 0.6 is 11.3 Å². The van der Waals surface area contributed by atoms with Crippen molar-refractivity contribution in [1.82, 2.24) is 15.2 Å². The summed E-state index contributed by atoms with van der Waals surface area (Å²) in [6.45, 7) is 3.49.